The molecule has 2 heterocycles. The van der Waals surface area contributed by atoms with Crippen LogP contribution >= 0.6 is 11.3 Å². The Bertz CT molecular complexity index is 515. The third kappa shape index (κ3) is 1.57. The van der Waals surface area contributed by atoms with Gasteiger partial charge < -0.3 is 4.74 Å². The van der Waals surface area contributed by atoms with Gasteiger partial charge in [-0.3, -0.25) is 0 Å². The van der Waals surface area contributed by atoms with E-state index in [2.05, 4.69) is 36.4 Å². The minimum atomic E-state index is 0.684. The van der Waals surface area contributed by atoms with Crippen molar-refractivity contribution in [3.05, 3.63) is 53.6 Å². The van der Waals surface area contributed by atoms with Crippen LogP contribution in [0.2, 0.25) is 0 Å². The molecule has 0 fully saturated rings. The lowest BCUT2D eigenvalue weighted by Gasteiger charge is -2.07. The van der Waals surface area contributed by atoms with Gasteiger partial charge in [-0.05, 0) is 23.6 Å². The summed E-state index contributed by atoms with van der Waals surface area (Å²) >= 11 is 1.82. The van der Waals surface area contributed by atoms with Crippen LogP contribution in [-0.4, -0.2) is 6.61 Å². The molecular weight excluding hydrogens is 204 g/mol. The van der Waals surface area contributed by atoms with Gasteiger partial charge in [0.2, 0.25) is 0 Å². The van der Waals surface area contributed by atoms with Gasteiger partial charge in [0.15, 0.2) is 0 Å². The molecule has 74 valence electrons. The Morgan fingerprint density at radius 1 is 1.20 bits per heavy atom. The number of fused-ring (bicyclic) bond motifs is 1. The highest BCUT2D eigenvalue weighted by molar-refractivity contribution is 7.20. The Kier molecular flexibility index (Phi) is 2.07. The van der Waals surface area contributed by atoms with Crippen LogP contribution in [0.4, 0.5) is 0 Å². The smallest absolute Gasteiger partial charge is 0.114 e. The van der Waals surface area contributed by atoms with Crippen molar-refractivity contribution < 1.29 is 4.74 Å². The third-order valence-electron chi connectivity index (χ3n) is 2.45. The van der Waals surface area contributed by atoms with Crippen molar-refractivity contribution in [2.45, 2.75) is 0 Å². The summed E-state index contributed by atoms with van der Waals surface area (Å²) in [7, 11) is 0. The van der Waals surface area contributed by atoms with E-state index in [0.717, 1.165) is 0 Å². The summed E-state index contributed by atoms with van der Waals surface area (Å²) in [5.41, 5.74) is 1.26. The van der Waals surface area contributed by atoms with Crippen LogP contribution in [0.3, 0.4) is 0 Å². The minimum Gasteiger partial charge on any atom is -0.496 e. The lowest BCUT2D eigenvalue weighted by Crippen LogP contribution is -1.94. The Morgan fingerprint density at radius 2 is 2.13 bits per heavy atom. The first-order chi connectivity index (χ1) is 7.43. The fourth-order valence-electron chi connectivity index (χ4n) is 1.69. The largest absolute Gasteiger partial charge is 0.496 e. The van der Waals surface area contributed by atoms with Crippen LogP contribution in [0.25, 0.3) is 15.7 Å². The molecular formula is C13H10OS. The van der Waals surface area contributed by atoms with Crippen molar-refractivity contribution in [1.29, 1.82) is 0 Å². The maximum Gasteiger partial charge on any atom is 0.114 e. The first kappa shape index (κ1) is 8.74. The third-order valence-corrected chi connectivity index (χ3v) is 3.64. The molecule has 1 nitrogen and oxygen atoms in total. The van der Waals surface area contributed by atoms with E-state index in [0.29, 0.717) is 6.61 Å². The molecule has 0 bridgehead atoms. The summed E-state index contributed by atoms with van der Waals surface area (Å²) in [5.74, 6) is 0. The normalized spacial score (nSPS) is 15.1. The lowest BCUT2D eigenvalue weighted by molar-refractivity contribution is 0.293. The molecule has 2 aromatic rings. The van der Waals surface area contributed by atoms with Crippen LogP contribution in [0.5, 0.6) is 0 Å². The number of ether oxygens (including phenoxy) is 1. The molecule has 15 heavy (non-hydrogen) atoms. The second kappa shape index (κ2) is 3.55. The molecule has 1 aromatic heterocycles. The van der Waals surface area contributed by atoms with Crippen molar-refractivity contribution in [3.63, 3.8) is 0 Å². The molecule has 1 aromatic carbocycles. The summed E-state index contributed by atoms with van der Waals surface area (Å²) in [4.78, 5) is 1.31. The van der Waals surface area contributed by atoms with Gasteiger partial charge in [0.1, 0.15) is 6.61 Å². The maximum absolute atomic E-state index is 5.29. The summed E-state index contributed by atoms with van der Waals surface area (Å²) < 4.78 is 6.63. The number of hydrogen-bond donors (Lipinski definition) is 0. The molecule has 0 atom stereocenters. The van der Waals surface area contributed by atoms with E-state index >= 15 is 0 Å². The molecule has 0 unspecified atom stereocenters. The van der Waals surface area contributed by atoms with Crippen LogP contribution in [0.15, 0.2) is 48.7 Å². The molecule has 0 spiro atoms. The van der Waals surface area contributed by atoms with Crippen molar-refractivity contribution in [2.75, 3.05) is 6.61 Å². The molecule has 0 saturated heterocycles. The number of benzene rings is 1. The van der Waals surface area contributed by atoms with Crippen LogP contribution in [0.1, 0.15) is 4.88 Å². The van der Waals surface area contributed by atoms with E-state index in [-0.39, 0.29) is 0 Å². The Labute approximate surface area is 92.3 Å². The lowest BCUT2D eigenvalue weighted by atomic mass is 10.2. The van der Waals surface area contributed by atoms with Gasteiger partial charge in [0.25, 0.3) is 0 Å². The van der Waals surface area contributed by atoms with E-state index in [4.69, 9.17) is 4.74 Å². The van der Waals surface area contributed by atoms with Crippen molar-refractivity contribution >= 4 is 27.0 Å². The molecule has 1 aliphatic heterocycles. The SMILES string of the molecule is C1=COCC(c2cc3ccccc3s2)=C1. The fourth-order valence-corrected chi connectivity index (χ4v) is 2.76. The van der Waals surface area contributed by atoms with Gasteiger partial charge in [-0.2, -0.15) is 0 Å². The molecule has 1 aliphatic rings. The Hall–Kier alpha value is -1.54. The van der Waals surface area contributed by atoms with E-state index in [1.54, 1.807) is 6.26 Å². The zero-order valence-electron chi connectivity index (χ0n) is 8.14. The van der Waals surface area contributed by atoms with E-state index in [9.17, 15) is 0 Å². The number of rotatable bonds is 1. The first-order valence-electron chi connectivity index (χ1n) is 4.90. The van der Waals surface area contributed by atoms with E-state index < -0.39 is 0 Å². The van der Waals surface area contributed by atoms with Gasteiger partial charge in [-0.1, -0.05) is 24.3 Å². The zero-order chi connectivity index (χ0) is 10.1. The van der Waals surface area contributed by atoms with Crippen molar-refractivity contribution in [3.8, 4) is 0 Å². The molecule has 0 amide bonds. The maximum atomic E-state index is 5.29. The predicted molar refractivity (Wildman–Crippen MR) is 64.9 cm³/mol. The van der Waals surface area contributed by atoms with Crippen LogP contribution in [-0.2, 0) is 4.74 Å². The molecule has 3 rings (SSSR count). The molecule has 0 radical (unpaired) electrons. The summed E-state index contributed by atoms with van der Waals surface area (Å²) in [6, 6.07) is 10.7. The van der Waals surface area contributed by atoms with Crippen molar-refractivity contribution in [1.82, 2.24) is 0 Å². The van der Waals surface area contributed by atoms with Gasteiger partial charge in [0.05, 0.1) is 6.26 Å². The molecule has 0 aliphatic carbocycles. The highest BCUT2D eigenvalue weighted by Crippen LogP contribution is 2.31. The minimum absolute atomic E-state index is 0.684. The summed E-state index contributed by atoms with van der Waals surface area (Å²) in [6.07, 6.45) is 5.80. The Balaban J connectivity index is 2.11. The Morgan fingerprint density at radius 3 is 2.93 bits per heavy atom. The van der Waals surface area contributed by atoms with Gasteiger partial charge in [-0.15, -0.1) is 11.3 Å². The number of thiophene rings is 1. The standard InChI is InChI=1S/C13H10OS/c1-2-6-12-10(4-1)8-13(15-12)11-5-3-7-14-9-11/h1-8H,9H2. The molecule has 2 heteroatoms. The second-order valence-electron chi connectivity index (χ2n) is 3.48. The number of allylic oxidation sites excluding steroid dienone is 2. The topological polar surface area (TPSA) is 9.23 Å². The molecule has 0 saturated carbocycles. The van der Waals surface area contributed by atoms with Gasteiger partial charge in [0, 0.05) is 15.2 Å². The van der Waals surface area contributed by atoms with E-state index in [1.165, 1.54) is 20.5 Å². The first-order valence-corrected chi connectivity index (χ1v) is 5.71. The monoisotopic (exact) mass is 214 g/mol. The highest BCUT2D eigenvalue weighted by Gasteiger charge is 2.07. The average molecular weight is 214 g/mol. The second-order valence-corrected chi connectivity index (χ2v) is 4.56. The highest BCUT2D eigenvalue weighted by atomic mass is 32.1. The van der Waals surface area contributed by atoms with E-state index in [1.807, 2.05) is 17.4 Å². The van der Waals surface area contributed by atoms with Gasteiger partial charge >= 0.3 is 0 Å². The summed E-state index contributed by atoms with van der Waals surface area (Å²) in [6.45, 7) is 0.684. The van der Waals surface area contributed by atoms with Crippen LogP contribution < -0.4 is 0 Å². The quantitative estimate of drug-likeness (QED) is 0.701. The zero-order valence-corrected chi connectivity index (χ0v) is 8.96. The molecule has 0 N–H and O–H groups in total. The van der Waals surface area contributed by atoms with Gasteiger partial charge in [-0.25, -0.2) is 0 Å². The number of hydrogen-bond acceptors (Lipinski definition) is 2. The van der Waals surface area contributed by atoms with Crippen LogP contribution in [0, 0.1) is 0 Å². The fraction of sp³-hybridized carbons (Fsp3) is 0.0769. The average Bonchev–Trinajstić information content (AvgIpc) is 2.74. The van der Waals surface area contributed by atoms with Crippen molar-refractivity contribution in [2.24, 2.45) is 0 Å². The summed E-state index contributed by atoms with van der Waals surface area (Å²) in [5, 5.41) is 1.31. The predicted octanol–water partition coefficient (Wildman–Crippen LogP) is 3.83.